The highest BCUT2D eigenvalue weighted by molar-refractivity contribution is 5.91. The van der Waals surface area contributed by atoms with Crippen LogP contribution < -0.4 is 18.9 Å². The monoisotopic (exact) mass is 678 g/mol. The maximum absolute atomic E-state index is 12.8. The molecule has 0 aliphatic rings. The quantitative estimate of drug-likeness (QED) is 0.0115. The van der Waals surface area contributed by atoms with Gasteiger partial charge in [-0.05, 0) is 92.8 Å². The predicted octanol–water partition coefficient (Wildman–Crippen LogP) is 8.13. The van der Waals surface area contributed by atoms with Gasteiger partial charge in [0.1, 0.15) is 35.4 Å². The molecule has 0 atom stereocenters. The molecule has 10 nitrogen and oxygen atoms in total. The lowest BCUT2D eigenvalue weighted by Gasteiger charge is -2.13. The van der Waals surface area contributed by atoms with Crippen LogP contribution in [-0.4, -0.2) is 66.1 Å². The SMILES string of the molecule is C=CCOOCCCCCCOc1ccc(OCOc2ccc(OC(=O)c3ccc(C(=C)OCCCOCCCOC)cc3)cc2C)cc1. The second-order valence-corrected chi connectivity index (χ2v) is 11.0. The van der Waals surface area contributed by atoms with E-state index in [9.17, 15) is 4.79 Å². The molecule has 0 spiro atoms. The van der Waals surface area contributed by atoms with Crippen LogP contribution in [0, 0.1) is 6.92 Å². The van der Waals surface area contributed by atoms with Crippen LogP contribution in [0.1, 0.15) is 60.0 Å². The molecule has 49 heavy (non-hydrogen) atoms. The van der Waals surface area contributed by atoms with Crippen molar-refractivity contribution in [3.63, 3.8) is 0 Å². The maximum atomic E-state index is 12.8. The molecule has 0 unspecified atom stereocenters. The van der Waals surface area contributed by atoms with Gasteiger partial charge in [0.2, 0.25) is 6.79 Å². The van der Waals surface area contributed by atoms with E-state index in [0.717, 1.165) is 55.4 Å². The minimum absolute atomic E-state index is 0.0204. The lowest BCUT2D eigenvalue weighted by Crippen LogP contribution is -2.09. The van der Waals surface area contributed by atoms with Gasteiger partial charge in [-0.15, -0.1) is 6.58 Å². The Bertz CT molecular complexity index is 1370. The fraction of sp³-hybridized carbons (Fsp3) is 0.410. The fourth-order valence-corrected chi connectivity index (χ4v) is 4.41. The Kier molecular flexibility index (Phi) is 19.1. The van der Waals surface area contributed by atoms with Crippen LogP contribution in [-0.2, 0) is 24.0 Å². The van der Waals surface area contributed by atoms with Crippen LogP contribution in [0.5, 0.6) is 23.0 Å². The number of unbranched alkanes of at least 4 members (excludes halogenated alkanes) is 3. The van der Waals surface area contributed by atoms with Gasteiger partial charge >= 0.3 is 5.97 Å². The van der Waals surface area contributed by atoms with Crippen molar-refractivity contribution < 1.29 is 47.7 Å². The predicted molar refractivity (Wildman–Crippen MR) is 188 cm³/mol. The lowest BCUT2D eigenvalue weighted by molar-refractivity contribution is -0.286. The highest BCUT2D eigenvalue weighted by Crippen LogP contribution is 2.25. The molecule has 0 aliphatic heterocycles. The summed E-state index contributed by atoms with van der Waals surface area (Å²) in [6.07, 6.45) is 7.29. The molecule has 0 amide bonds. The van der Waals surface area contributed by atoms with Crippen molar-refractivity contribution in [2.24, 2.45) is 0 Å². The molecule has 3 rings (SSSR count). The van der Waals surface area contributed by atoms with Crippen LogP contribution in [0.3, 0.4) is 0 Å². The first-order valence-electron chi connectivity index (χ1n) is 16.7. The number of carbonyl (C=O) groups is 1. The number of aryl methyl sites for hydroxylation is 1. The molecular weight excluding hydrogens is 628 g/mol. The number of esters is 1. The van der Waals surface area contributed by atoms with Crippen LogP contribution >= 0.6 is 0 Å². The van der Waals surface area contributed by atoms with Gasteiger partial charge in [0.15, 0.2) is 0 Å². The summed E-state index contributed by atoms with van der Waals surface area (Å²) in [5, 5.41) is 0. The molecule has 0 radical (unpaired) electrons. The third kappa shape index (κ3) is 16.1. The van der Waals surface area contributed by atoms with Gasteiger partial charge in [-0.3, -0.25) is 0 Å². The van der Waals surface area contributed by atoms with Gasteiger partial charge in [0.25, 0.3) is 0 Å². The van der Waals surface area contributed by atoms with Gasteiger partial charge < -0.3 is 33.2 Å². The minimum atomic E-state index is -0.469. The number of ether oxygens (including phenoxy) is 7. The molecule has 0 aromatic heterocycles. The normalized spacial score (nSPS) is 10.7. The molecule has 3 aromatic carbocycles. The fourth-order valence-electron chi connectivity index (χ4n) is 4.41. The van der Waals surface area contributed by atoms with Gasteiger partial charge in [0, 0.05) is 38.9 Å². The van der Waals surface area contributed by atoms with Crippen LogP contribution in [0.2, 0.25) is 0 Å². The Morgan fingerprint density at radius 2 is 1.33 bits per heavy atom. The van der Waals surface area contributed by atoms with E-state index in [-0.39, 0.29) is 6.79 Å². The van der Waals surface area contributed by atoms with E-state index >= 15 is 0 Å². The molecule has 0 aliphatic carbocycles. The first-order chi connectivity index (χ1) is 24.0. The first kappa shape index (κ1) is 39.1. The smallest absolute Gasteiger partial charge is 0.343 e. The Morgan fingerprint density at radius 1 is 0.673 bits per heavy atom. The summed E-state index contributed by atoms with van der Waals surface area (Å²) >= 11 is 0. The highest BCUT2D eigenvalue weighted by Gasteiger charge is 2.11. The number of carbonyl (C=O) groups excluding carboxylic acids is 1. The molecular formula is C39H50O10. The largest absolute Gasteiger partial charge is 0.494 e. The standard InChI is InChI=1S/C39H50O10/c1-5-22-47-48-28-9-7-6-8-26-44-35-16-18-36(19-17-35)45-30-46-38-21-20-37(29-31(38)2)49-39(40)34-14-12-33(13-15-34)32(3)43-27-11-25-42-24-10-23-41-4/h5,12-21,29H,1,3,6-11,22-28,30H2,2,4H3. The molecule has 0 N–H and O–H groups in total. The molecule has 10 heteroatoms. The minimum Gasteiger partial charge on any atom is -0.494 e. The number of hydrogen-bond acceptors (Lipinski definition) is 10. The van der Waals surface area contributed by atoms with E-state index in [1.165, 1.54) is 0 Å². The van der Waals surface area contributed by atoms with Crippen LogP contribution in [0.25, 0.3) is 5.76 Å². The first-order valence-corrected chi connectivity index (χ1v) is 16.7. The summed E-state index contributed by atoms with van der Waals surface area (Å²) in [5.74, 6) is 2.55. The van der Waals surface area contributed by atoms with Crippen LogP contribution in [0.15, 0.2) is 86.0 Å². The van der Waals surface area contributed by atoms with Crippen molar-refractivity contribution in [3.8, 4) is 23.0 Å². The topological polar surface area (TPSA) is 100 Å². The van der Waals surface area contributed by atoms with E-state index < -0.39 is 5.97 Å². The Hall–Kier alpha value is -4.35. The Morgan fingerprint density at radius 3 is 2.02 bits per heavy atom. The van der Waals surface area contributed by atoms with Crippen molar-refractivity contribution in [3.05, 3.63) is 103 Å². The Balaban J connectivity index is 1.31. The molecule has 0 bridgehead atoms. The van der Waals surface area contributed by atoms with Crippen LogP contribution in [0.4, 0.5) is 0 Å². The zero-order chi connectivity index (χ0) is 34.9. The third-order valence-corrected chi connectivity index (χ3v) is 7.07. The maximum Gasteiger partial charge on any atom is 0.343 e. The lowest BCUT2D eigenvalue weighted by atomic mass is 10.1. The van der Waals surface area contributed by atoms with Gasteiger partial charge in [0.05, 0.1) is 25.4 Å². The second-order valence-electron chi connectivity index (χ2n) is 11.0. The number of hydrogen-bond donors (Lipinski definition) is 0. The number of benzene rings is 3. The van der Waals surface area contributed by atoms with Crippen molar-refractivity contribution in [1.82, 2.24) is 0 Å². The Labute approximate surface area is 290 Å². The van der Waals surface area contributed by atoms with Gasteiger partial charge in [-0.25, -0.2) is 14.6 Å². The second kappa shape index (κ2) is 23.9. The third-order valence-electron chi connectivity index (χ3n) is 7.07. The van der Waals surface area contributed by atoms with Crippen molar-refractivity contribution >= 4 is 11.7 Å². The molecule has 0 saturated carbocycles. The molecule has 0 saturated heterocycles. The summed E-state index contributed by atoms with van der Waals surface area (Å²) in [6, 6.07) is 19.6. The average Bonchev–Trinajstić information content (AvgIpc) is 3.11. The molecule has 3 aromatic rings. The van der Waals surface area contributed by atoms with E-state index in [1.54, 1.807) is 55.7 Å². The summed E-state index contributed by atoms with van der Waals surface area (Å²) in [7, 11) is 1.68. The summed E-state index contributed by atoms with van der Waals surface area (Å²) < 4.78 is 39.2. The van der Waals surface area contributed by atoms with Gasteiger partial charge in [-0.1, -0.05) is 31.2 Å². The molecule has 266 valence electrons. The van der Waals surface area contributed by atoms with Crippen molar-refractivity contribution in [1.29, 1.82) is 0 Å². The van der Waals surface area contributed by atoms with Crippen molar-refractivity contribution in [2.75, 3.05) is 60.2 Å². The molecule has 0 heterocycles. The van der Waals surface area contributed by atoms with E-state index in [0.29, 0.717) is 74.8 Å². The summed E-state index contributed by atoms with van der Waals surface area (Å²) in [4.78, 5) is 22.7. The van der Waals surface area contributed by atoms with E-state index in [2.05, 4.69) is 13.2 Å². The molecule has 0 fully saturated rings. The zero-order valence-corrected chi connectivity index (χ0v) is 28.8. The van der Waals surface area contributed by atoms with Gasteiger partial charge in [-0.2, -0.15) is 0 Å². The highest BCUT2D eigenvalue weighted by atomic mass is 17.2. The number of rotatable bonds is 27. The average molecular weight is 679 g/mol. The van der Waals surface area contributed by atoms with E-state index in [1.807, 2.05) is 31.2 Å². The van der Waals surface area contributed by atoms with Crippen molar-refractivity contribution in [2.45, 2.75) is 45.4 Å². The summed E-state index contributed by atoms with van der Waals surface area (Å²) in [5.41, 5.74) is 2.00. The number of methoxy groups -OCH3 is 1. The van der Waals surface area contributed by atoms with E-state index in [4.69, 9.17) is 42.9 Å². The summed E-state index contributed by atoms with van der Waals surface area (Å²) in [6.45, 7) is 13.5. The zero-order valence-electron chi connectivity index (χ0n) is 28.8.